The largest absolute Gasteiger partial charge is 0.481 e. The molecular formula is C10H10N2O. The van der Waals surface area contributed by atoms with Crippen molar-refractivity contribution in [2.24, 2.45) is 0 Å². The Kier molecular flexibility index (Phi) is 2.00. The summed E-state index contributed by atoms with van der Waals surface area (Å²) in [7, 11) is 1.61. The Hall–Kier alpha value is -1.77. The molecule has 2 aromatic rings. The van der Waals surface area contributed by atoms with Crippen molar-refractivity contribution in [2.75, 3.05) is 7.11 Å². The molecule has 0 fully saturated rings. The average Bonchev–Trinajstić information content (AvgIpc) is 2.71. The number of methoxy groups -OCH3 is 1. The first-order valence-electron chi connectivity index (χ1n) is 4.03. The summed E-state index contributed by atoms with van der Waals surface area (Å²) in [5.41, 5.74) is 1.05. The van der Waals surface area contributed by atoms with Crippen LogP contribution in [0.1, 0.15) is 0 Å². The minimum atomic E-state index is 0.631. The van der Waals surface area contributed by atoms with Gasteiger partial charge in [0.1, 0.15) is 0 Å². The molecule has 3 heteroatoms. The fourth-order valence-corrected chi connectivity index (χ4v) is 1.18. The van der Waals surface area contributed by atoms with Crippen LogP contribution in [-0.2, 0) is 0 Å². The van der Waals surface area contributed by atoms with Crippen LogP contribution in [0.15, 0.2) is 42.9 Å². The predicted octanol–water partition coefficient (Wildman–Crippen LogP) is 1.88. The fourth-order valence-electron chi connectivity index (χ4n) is 1.18. The average molecular weight is 174 g/mol. The first-order valence-corrected chi connectivity index (χ1v) is 4.03. The summed E-state index contributed by atoms with van der Waals surface area (Å²) in [4.78, 5) is 4.03. The van der Waals surface area contributed by atoms with Crippen LogP contribution in [0.4, 0.5) is 0 Å². The van der Waals surface area contributed by atoms with Gasteiger partial charge in [0.2, 0.25) is 5.88 Å². The number of hydrogen-bond donors (Lipinski definition) is 0. The molecule has 0 spiro atoms. The minimum absolute atomic E-state index is 0.631. The zero-order valence-corrected chi connectivity index (χ0v) is 7.34. The van der Waals surface area contributed by atoms with E-state index < -0.39 is 0 Å². The molecule has 13 heavy (non-hydrogen) atoms. The van der Waals surface area contributed by atoms with Crippen molar-refractivity contribution in [2.45, 2.75) is 0 Å². The Balaban J connectivity index is 2.41. The highest BCUT2D eigenvalue weighted by molar-refractivity contribution is 5.34. The maximum Gasteiger partial charge on any atom is 0.215 e. The molecule has 2 heterocycles. The molecule has 0 aliphatic rings. The lowest BCUT2D eigenvalue weighted by Gasteiger charge is -2.03. The van der Waals surface area contributed by atoms with E-state index in [1.54, 1.807) is 13.3 Å². The van der Waals surface area contributed by atoms with Gasteiger partial charge in [-0.3, -0.25) is 0 Å². The van der Waals surface area contributed by atoms with Crippen molar-refractivity contribution in [1.82, 2.24) is 9.55 Å². The molecule has 0 aliphatic carbocycles. The van der Waals surface area contributed by atoms with Gasteiger partial charge in [-0.1, -0.05) is 0 Å². The molecule has 0 saturated carbocycles. The van der Waals surface area contributed by atoms with E-state index in [1.165, 1.54) is 0 Å². The zero-order chi connectivity index (χ0) is 9.10. The van der Waals surface area contributed by atoms with Gasteiger partial charge in [-0.2, -0.15) is 0 Å². The van der Waals surface area contributed by atoms with Gasteiger partial charge in [-0.15, -0.1) is 0 Å². The van der Waals surface area contributed by atoms with Crippen LogP contribution < -0.4 is 4.74 Å². The highest BCUT2D eigenvalue weighted by atomic mass is 16.5. The van der Waals surface area contributed by atoms with Gasteiger partial charge in [0.15, 0.2) is 0 Å². The second-order valence-corrected chi connectivity index (χ2v) is 2.65. The third-order valence-electron chi connectivity index (χ3n) is 1.83. The van der Waals surface area contributed by atoms with Gasteiger partial charge >= 0.3 is 0 Å². The molecule has 2 rings (SSSR count). The van der Waals surface area contributed by atoms with Crippen molar-refractivity contribution in [3.63, 3.8) is 0 Å². The van der Waals surface area contributed by atoms with Crippen LogP contribution >= 0.6 is 0 Å². The molecule has 0 N–H and O–H groups in total. The number of pyridine rings is 1. The molecule has 0 aromatic carbocycles. The standard InChI is InChI=1S/C10H10N2O/c1-13-10-8-9(4-5-11-10)12-6-2-3-7-12/h2-8H,1H3. The Labute approximate surface area is 76.6 Å². The third kappa shape index (κ3) is 1.54. The lowest BCUT2D eigenvalue weighted by molar-refractivity contribution is 0.397. The molecule has 2 aromatic heterocycles. The molecule has 0 saturated heterocycles. The molecule has 0 aliphatic heterocycles. The van der Waals surface area contributed by atoms with Crippen LogP contribution in [0, 0.1) is 0 Å². The van der Waals surface area contributed by atoms with Gasteiger partial charge in [0.05, 0.1) is 12.8 Å². The smallest absolute Gasteiger partial charge is 0.215 e. The van der Waals surface area contributed by atoms with Crippen molar-refractivity contribution < 1.29 is 4.74 Å². The second-order valence-electron chi connectivity index (χ2n) is 2.65. The summed E-state index contributed by atoms with van der Waals surface area (Å²) in [6, 6.07) is 7.78. The van der Waals surface area contributed by atoms with E-state index in [0.717, 1.165) is 5.69 Å². The number of rotatable bonds is 2. The first-order chi connectivity index (χ1) is 6.40. The maximum atomic E-state index is 5.03. The molecule has 0 atom stereocenters. The monoisotopic (exact) mass is 174 g/mol. The van der Waals surface area contributed by atoms with Gasteiger partial charge in [0.25, 0.3) is 0 Å². The van der Waals surface area contributed by atoms with Crippen LogP contribution in [-0.4, -0.2) is 16.7 Å². The third-order valence-corrected chi connectivity index (χ3v) is 1.83. The molecular weight excluding hydrogens is 164 g/mol. The van der Waals surface area contributed by atoms with Crippen molar-refractivity contribution >= 4 is 0 Å². The summed E-state index contributed by atoms with van der Waals surface area (Å²) < 4.78 is 7.03. The van der Waals surface area contributed by atoms with E-state index in [9.17, 15) is 0 Å². The molecule has 0 amide bonds. The van der Waals surface area contributed by atoms with Crippen LogP contribution in [0.25, 0.3) is 5.69 Å². The Morgan fingerprint density at radius 1 is 1.31 bits per heavy atom. The molecule has 0 unspecified atom stereocenters. The van der Waals surface area contributed by atoms with Gasteiger partial charge in [-0.05, 0) is 18.2 Å². The number of aromatic nitrogens is 2. The Morgan fingerprint density at radius 3 is 2.77 bits per heavy atom. The van der Waals surface area contributed by atoms with E-state index in [0.29, 0.717) is 5.88 Å². The van der Waals surface area contributed by atoms with Gasteiger partial charge in [0, 0.05) is 24.7 Å². The van der Waals surface area contributed by atoms with Crippen LogP contribution in [0.3, 0.4) is 0 Å². The normalized spacial score (nSPS) is 9.92. The number of nitrogens with zero attached hydrogens (tertiary/aromatic N) is 2. The van der Waals surface area contributed by atoms with Gasteiger partial charge in [-0.25, -0.2) is 4.98 Å². The lowest BCUT2D eigenvalue weighted by atomic mass is 10.4. The molecule has 3 nitrogen and oxygen atoms in total. The summed E-state index contributed by atoms with van der Waals surface area (Å²) in [6.45, 7) is 0. The highest BCUT2D eigenvalue weighted by Gasteiger charge is 1.96. The van der Waals surface area contributed by atoms with Crippen LogP contribution in [0.5, 0.6) is 5.88 Å². The molecule has 0 radical (unpaired) electrons. The summed E-state index contributed by atoms with van der Waals surface area (Å²) in [5.74, 6) is 0.631. The zero-order valence-electron chi connectivity index (χ0n) is 7.34. The first kappa shape index (κ1) is 7.86. The summed E-state index contributed by atoms with van der Waals surface area (Å²) >= 11 is 0. The van der Waals surface area contributed by atoms with Crippen LogP contribution in [0.2, 0.25) is 0 Å². The van der Waals surface area contributed by atoms with E-state index in [2.05, 4.69) is 4.98 Å². The summed E-state index contributed by atoms with van der Waals surface area (Å²) in [5, 5.41) is 0. The molecule has 66 valence electrons. The second kappa shape index (κ2) is 3.31. The van der Waals surface area contributed by atoms with Crippen molar-refractivity contribution in [3.05, 3.63) is 42.9 Å². The SMILES string of the molecule is COc1cc(-n2cccc2)ccn1. The van der Waals surface area contributed by atoms with E-state index in [4.69, 9.17) is 4.74 Å². The lowest BCUT2D eigenvalue weighted by Crippen LogP contribution is -1.92. The van der Waals surface area contributed by atoms with E-state index in [1.807, 2.05) is 41.2 Å². The highest BCUT2D eigenvalue weighted by Crippen LogP contribution is 2.12. The predicted molar refractivity (Wildman–Crippen MR) is 50.1 cm³/mol. The van der Waals surface area contributed by atoms with E-state index in [-0.39, 0.29) is 0 Å². The summed E-state index contributed by atoms with van der Waals surface area (Å²) in [6.07, 6.45) is 5.69. The van der Waals surface area contributed by atoms with Gasteiger partial charge < -0.3 is 9.30 Å². The number of hydrogen-bond acceptors (Lipinski definition) is 2. The Morgan fingerprint density at radius 2 is 2.08 bits per heavy atom. The van der Waals surface area contributed by atoms with Crippen molar-refractivity contribution in [1.29, 1.82) is 0 Å². The maximum absolute atomic E-state index is 5.03. The Bertz CT molecular complexity index is 382. The topological polar surface area (TPSA) is 27.1 Å². The minimum Gasteiger partial charge on any atom is -0.481 e. The van der Waals surface area contributed by atoms with E-state index >= 15 is 0 Å². The van der Waals surface area contributed by atoms with Crippen molar-refractivity contribution in [3.8, 4) is 11.6 Å². The fraction of sp³-hybridized carbons (Fsp3) is 0.100. The molecule has 0 bridgehead atoms. The number of ether oxygens (including phenoxy) is 1. The quantitative estimate of drug-likeness (QED) is 0.695.